The monoisotopic (exact) mass is 236 g/mol. The first kappa shape index (κ1) is 12.2. The van der Waals surface area contributed by atoms with Crippen LogP contribution in [0.3, 0.4) is 0 Å². The summed E-state index contributed by atoms with van der Waals surface area (Å²) in [6, 6.07) is 8.77. The summed E-state index contributed by atoms with van der Waals surface area (Å²) >= 11 is 0. The van der Waals surface area contributed by atoms with Gasteiger partial charge < -0.3 is 0 Å². The van der Waals surface area contributed by atoms with E-state index < -0.39 is 16.2 Å². The molecule has 0 spiro atoms. The summed E-state index contributed by atoms with van der Waals surface area (Å²) in [5, 5.41) is 16.8. The first-order valence-corrected chi connectivity index (χ1v) is 5.69. The van der Waals surface area contributed by atoms with Crippen molar-refractivity contribution < 1.29 is 12.6 Å². The van der Waals surface area contributed by atoms with Crippen LogP contribution in [-0.2, 0) is 14.3 Å². The number of rotatable bonds is 3. The highest BCUT2D eigenvalue weighted by molar-refractivity contribution is 7.86. The fraction of sp³-hybridized carbons (Fsp3) is 0.200. The first-order chi connectivity index (χ1) is 7.49. The smallest absolute Gasteiger partial charge is 0.232 e. The van der Waals surface area contributed by atoms with E-state index in [-0.39, 0.29) is 4.90 Å². The van der Waals surface area contributed by atoms with Gasteiger partial charge in [0, 0.05) is 0 Å². The van der Waals surface area contributed by atoms with Gasteiger partial charge in [-0.15, -0.1) is 0 Å². The molecule has 1 rings (SSSR count). The fourth-order valence-corrected chi connectivity index (χ4v) is 1.88. The van der Waals surface area contributed by atoms with Crippen LogP contribution >= 0.6 is 0 Å². The molecule has 5 nitrogen and oxygen atoms in total. The average Bonchev–Trinajstić information content (AvgIpc) is 2.26. The highest BCUT2D eigenvalue weighted by atomic mass is 32.2. The van der Waals surface area contributed by atoms with E-state index >= 15 is 0 Å². The van der Waals surface area contributed by atoms with Gasteiger partial charge >= 0.3 is 0 Å². The molecule has 0 aliphatic carbocycles. The van der Waals surface area contributed by atoms with Crippen LogP contribution in [0.25, 0.3) is 0 Å². The third-order valence-corrected chi connectivity index (χ3v) is 3.06. The van der Waals surface area contributed by atoms with Crippen LogP contribution in [0.4, 0.5) is 0 Å². The van der Waals surface area contributed by atoms with Crippen LogP contribution in [0.2, 0.25) is 0 Å². The molecule has 0 aliphatic rings. The maximum absolute atomic E-state index is 11.5. The zero-order valence-electron chi connectivity index (χ0n) is 8.41. The van der Waals surface area contributed by atoms with Gasteiger partial charge in [0.05, 0.1) is 4.90 Å². The van der Waals surface area contributed by atoms with Gasteiger partial charge in [-0.05, 0) is 19.1 Å². The number of aryl methyl sites for hydroxylation is 1. The van der Waals surface area contributed by atoms with Crippen molar-refractivity contribution in [2.75, 3.05) is 0 Å². The Hall–Kier alpha value is -1.89. The minimum Gasteiger partial charge on any atom is -0.232 e. The molecule has 1 aromatic carbocycles. The van der Waals surface area contributed by atoms with Gasteiger partial charge in [-0.1, -0.05) is 17.7 Å². The largest absolute Gasteiger partial charge is 0.299 e. The average molecular weight is 236 g/mol. The Labute approximate surface area is 93.6 Å². The van der Waals surface area contributed by atoms with E-state index in [2.05, 4.69) is 4.18 Å². The van der Waals surface area contributed by atoms with Crippen LogP contribution in [0.5, 0.6) is 0 Å². The van der Waals surface area contributed by atoms with Crippen molar-refractivity contribution in [1.82, 2.24) is 0 Å². The van der Waals surface area contributed by atoms with Crippen molar-refractivity contribution in [3.8, 4) is 12.1 Å². The Morgan fingerprint density at radius 3 is 2.12 bits per heavy atom. The highest BCUT2D eigenvalue weighted by Crippen LogP contribution is 2.14. The van der Waals surface area contributed by atoms with Gasteiger partial charge in [-0.25, -0.2) is 4.18 Å². The van der Waals surface area contributed by atoms with E-state index in [1.165, 1.54) is 24.3 Å². The minimum atomic E-state index is -4.05. The molecular weight excluding hydrogens is 228 g/mol. The highest BCUT2D eigenvalue weighted by Gasteiger charge is 2.20. The summed E-state index contributed by atoms with van der Waals surface area (Å²) in [6.45, 7) is 1.81. The van der Waals surface area contributed by atoms with E-state index in [9.17, 15) is 8.42 Å². The van der Waals surface area contributed by atoms with Crippen LogP contribution in [0.1, 0.15) is 5.56 Å². The topological polar surface area (TPSA) is 90.9 Å². The molecule has 0 fully saturated rings. The SMILES string of the molecule is Cc1ccc(S(=O)(=O)OC(C#N)C#N)cc1. The molecule has 0 atom stereocenters. The lowest BCUT2D eigenvalue weighted by Crippen LogP contribution is -2.15. The van der Waals surface area contributed by atoms with Crippen molar-refractivity contribution in [3.63, 3.8) is 0 Å². The third-order valence-electron chi connectivity index (χ3n) is 1.77. The number of nitrogens with zero attached hydrogens (tertiary/aromatic N) is 2. The van der Waals surface area contributed by atoms with E-state index in [1.54, 1.807) is 12.1 Å². The van der Waals surface area contributed by atoms with Crippen molar-refractivity contribution in [3.05, 3.63) is 29.8 Å². The molecule has 16 heavy (non-hydrogen) atoms. The van der Waals surface area contributed by atoms with Gasteiger partial charge in [0.15, 0.2) is 0 Å². The summed E-state index contributed by atoms with van der Waals surface area (Å²) in [5.41, 5.74) is 0.899. The Bertz CT molecular complexity index is 535. The van der Waals surface area contributed by atoms with Crippen LogP contribution in [-0.4, -0.2) is 14.5 Å². The van der Waals surface area contributed by atoms with Gasteiger partial charge in [0.1, 0.15) is 12.1 Å². The number of benzene rings is 1. The van der Waals surface area contributed by atoms with Crippen molar-refractivity contribution >= 4 is 10.1 Å². The molecule has 0 saturated heterocycles. The molecule has 82 valence electrons. The molecule has 0 heterocycles. The van der Waals surface area contributed by atoms with Crippen LogP contribution in [0, 0.1) is 29.6 Å². The number of hydrogen-bond acceptors (Lipinski definition) is 5. The van der Waals surface area contributed by atoms with Crippen molar-refractivity contribution in [1.29, 1.82) is 10.5 Å². The van der Waals surface area contributed by atoms with E-state index in [0.717, 1.165) is 5.56 Å². The standard InChI is InChI=1S/C10H8N2O3S/c1-8-2-4-10(5-3-8)16(13,14)15-9(6-11)7-12/h2-5,9H,1H3. The second-order valence-electron chi connectivity index (χ2n) is 3.00. The summed E-state index contributed by atoms with van der Waals surface area (Å²) < 4.78 is 27.5. The van der Waals surface area contributed by atoms with Crippen molar-refractivity contribution in [2.45, 2.75) is 17.9 Å². The maximum atomic E-state index is 11.5. The minimum absolute atomic E-state index is 0.0754. The quantitative estimate of drug-likeness (QED) is 0.733. The Morgan fingerprint density at radius 1 is 1.19 bits per heavy atom. The summed E-state index contributed by atoms with van der Waals surface area (Å²) in [4.78, 5) is -0.0754. The second-order valence-corrected chi connectivity index (χ2v) is 4.57. The van der Waals surface area contributed by atoms with E-state index in [4.69, 9.17) is 10.5 Å². The zero-order chi connectivity index (χ0) is 12.2. The van der Waals surface area contributed by atoms with Crippen molar-refractivity contribution in [2.24, 2.45) is 0 Å². The maximum Gasteiger partial charge on any atom is 0.299 e. The van der Waals surface area contributed by atoms with Gasteiger partial charge in [-0.2, -0.15) is 18.9 Å². The molecule has 0 bridgehead atoms. The summed E-state index contributed by atoms with van der Waals surface area (Å²) in [5.74, 6) is 0. The molecule has 0 aromatic heterocycles. The molecule has 6 heteroatoms. The molecule has 1 aromatic rings. The first-order valence-electron chi connectivity index (χ1n) is 4.29. The number of nitriles is 2. The van der Waals surface area contributed by atoms with Crippen LogP contribution < -0.4 is 0 Å². The predicted molar refractivity (Wildman–Crippen MR) is 54.5 cm³/mol. The fourth-order valence-electron chi connectivity index (χ4n) is 0.959. The molecule has 0 radical (unpaired) electrons. The lowest BCUT2D eigenvalue weighted by Gasteiger charge is -2.05. The lowest BCUT2D eigenvalue weighted by molar-refractivity contribution is 0.310. The molecule has 0 saturated carbocycles. The molecule has 0 aliphatic heterocycles. The normalized spacial score (nSPS) is 10.8. The van der Waals surface area contributed by atoms with E-state index in [0.29, 0.717) is 0 Å². The zero-order valence-corrected chi connectivity index (χ0v) is 9.23. The Kier molecular flexibility index (Phi) is 3.62. The second kappa shape index (κ2) is 4.75. The number of hydrogen-bond donors (Lipinski definition) is 0. The molecule has 0 N–H and O–H groups in total. The Balaban J connectivity index is 3.01. The van der Waals surface area contributed by atoms with Gasteiger partial charge in [0.2, 0.25) is 6.10 Å². The lowest BCUT2D eigenvalue weighted by atomic mass is 10.2. The third kappa shape index (κ3) is 2.80. The molecule has 0 amide bonds. The molecular formula is C10H8N2O3S. The van der Waals surface area contributed by atoms with Gasteiger partial charge in [0.25, 0.3) is 10.1 Å². The summed E-state index contributed by atoms with van der Waals surface area (Å²) in [6.07, 6.45) is -1.62. The van der Waals surface area contributed by atoms with E-state index in [1.807, 2.05) is 6.92 Å². The van der Waals surface area contributed by atoms with Crippen LogP contribution in [0.15, 0.2) is 29.2 Å². The Morgan fingerprint density at radius 2 is 1.69 bits per heavy atom. The molecule has 0 unspecified atom stereocenters. The predicted octanol–water partition coefficient (Wildman–Crippen LogP) is 1.12. The summed E-state index contributed by atoms with van der Waals surface area (Å²) in [7, 11) is -4.05. The van der Waals surface area contributed by atoms with Gasteiger partial charge in [-0.3, -0.25) is 0 Å².